The number of rotatable bonds is 7. The van der Waals surface area contributed by atoms with Crippen molar-refractivity contribution in [3.05, 3.63) is 60.2 Å². The Balaban J connectivity index is 1.10. The number of piperidine rings is 1. The summed E-state index contributed by atoms with van der Waals surface area (Å²) in [7, 11) is 0. The molecule has 1 saturated heterocycles. The van der Waals surface area contributed by atoms with Crippen LogP contribution in [0.15, 0.2) is 48.9 Å². The van der Waals surface area contributed by atoms with Crippen LogP contribution in [-0.2, 0) is 17.3 Å². The van der Waals surface area contributed by atoms with Crippen LogP contribution >= 0.6 is 0 Å². The van der Waals surface area contributed by atoms with Crippen molar-refractivity contribution >= 4 is 32.9 Å². The van der Waals surface area contributed by atoms with Crippen molar-refractivity contribution in [2.24, 2.45) is 11.8 Å². The Morgan fingerprint density at radius 1 is 1.07 bits per heavy atom. The maximum atomic E-state index is 12.8. The van der Waals surface area contributed by atoms with Crippen LogP contribution in [0.1, 0.15) is 55.7 Å². The van der Waals surface area contributed by atoms with Gasteiger partial charge in [0.15, 0.2) is 5.65 Å². The smallest absolute Gasteiger partial charge is 0.416 e. The molecule has 4 aromatic rings. The second-order valence-electron chi connectivity index (χ2n) is 11.2. The molecular formula is C29H31F3N5O3S-. The van der Waals surface area contributed by atoms with Gasteiger partial charge in [-0.1, -0.05) is 0 Å². The van der Waals surface area contributed by atoms with Gasteiger partial charge in [0, 0.05) is 52.6 Å². The average Bonchev–Trinajstić information content (AvgIpc) is 3.46. The van der Waals surface area contributed by atoms with Crippen LogP contribution in [0.25, 0.3) is 21.8 Å². The summed E-state index contributed by atoms with van der Waals surface area (Å²) in [6.07, 6.45) is 5.93. The highest BCUT2D eigenvalue weighted by molar-refractivity contribution is 7.79. The molecular weight excluding hydrogens is 555 g/mol. The number of H-pyrrole nitrogens is 1. The van der Waals surface area contributed by atoms with Crippen molar-refractivity contribution in [2.75, 3.05) is 19.7 Å². The van der Waals surface area contributed by atoms with E-state index in [0.717, 1.165) is 72.5 Å². The fourth-order valence-corrected chi connectivity index (χ4v) is 7.61. The van der Waals surface area contributed by atoms with Gasteiger partial charge in [0.05, 0.1) is 23.7 Å². The molecule has 0 amide bonds. The number of nitrogens with zero attached hydrogens (tertiary/aromatic N) is 4. The van der Waals surface area contributed by atoms with Gasteiger partial charge in [0.25, 0.3) is 0 Å². The molecule has 0 bridgehead atoms. The average molecular weight is 587 g/mol. The van der Waals surface area contributed by atoms with Crippen LogP contribution in [0, 0.1) is 11.8 Å². The van der Waals surface area contributed by atoms with Gasteiger partial charge in [-0.25, -0.2) is 9.97 Å². The number of benzene rings is 1. The summed E-state index contributed by atoms with van der Waals surface area (Å²) in [4.78, 5) is 10.8. The Labute approximate surface area is 238 Å². The quantitative estimate of drug-likeness (QED) is 0.273. The first kappa shape index (κ1) is 28.0. The number of nitrogens with one attached hydrogen (secondary N) is 1. The molecule has 2 fully saturated rings. The third-order valence-corrected chi connectivity index (χ3v) is 9.66. The maximum Gasteiger partial charge on any atom is 0.416 e. The topological polar surface area (TPSA) is 107 Å². The molecule has 41 heavy (non-hydrogen) atoms. The molecule has 218 valence electrons. The molecule has 8 nitrogen and oxygen atoms in total. The van der Waals surface area contributed by atoms with E-state index in [1.807, 2.05) is 6.07 Å². The Kier molecular flexibility index (Phi) is 7.97. The summed E-state index contributed by atoms with van der Waals surface area (Å²) in [5, 5.41) is 10.0. The number of hydrogen-bond acceptors (Lipinski definition) is 7. The van der Waals surface area contributed by atoms with E-state index in [2.05, 4.69) is 25.1 Å². The normalized spacial score (nSPS) is 24.0. The van der Waals surface area contributed by atoms with Crippen LogP contribution in [0.5, 0.6) is 5.75 Å². The number of likely N-dealkylation sites (tertiary alicyclic amines) is 1. The first-order valence-corrected chi connectivity index (χ1v) is 15.1. The minimum atomic E-state index is -4.39. The van der Waals surface area contributed by atoms with Crippen LogP contribution < -0.4 is 4.74 Å². The second kappa shape index (κ2) is 11.7. The number of hydrogen-bond donors (Lipinski definition) is 1. The lowest BCUT2D eigenvalue weighted by Gasteiger charge is -2.44. The maximum absolute atomic E-state index is 12.8. The highest BCUT2D eigenvalue weighted by atomic mass is 32.2. The van der Waals surface area contributed by atoms with E-state index in [1.165, 1.54) is 12.1 Å². The molecule has 2 aliphatic rings. The van der Waals surface area contributed by atoms with E-state index in [9.17, 15) is 21.9 Å². The van der Waals surface area contributed by atoms with Crippen LogP contribution in [0.2, 0.25) is 0 Å². The first-order valence-electron chi connectivity index (χ1n) is 14.0. The molecule has 6 rings (SSSR count). The summed E-state index contributed by atoms with van der Waals surface area (Å²) < 4.78 is 69.4. The zero-order chi connectivity index (χ0) is 28.6. The number of fused-ring (bicyclic) bond motifs is 3. The minimum absolute atomic E-state index is 0.0179. The zero-order valence-corrected chi connectivity index (χ0v) is 23.2. The lowest BCUT2D eigenvalue weighted by atomic mass is 9.78. The molecule has 1 saturated carbocycles. The molecule has 3 aromatic heterocycles. The Hall–Kier alpha value is -3.09. The predicted octanol–water partition coefficient (Wildman–Crippen LogP) is 5.79. The Morgan fingerprint density at radius 3 is 2.59 bits per heavy atom. The standard InChI is InChI=1S/C29H32F3N5O3S/c30-29(31,32)22-7-9-23(10-8-22)40-17-18-2-1-13-37(16-18)28(41(38)39)20-5-3-19(4-6-20)26-25-21(15-35-36-26)14-34-27-24(25)11-12-33-27/h7-12,14-15,18-20,28,36H,1-6,13,16-17H2,(H,38,39)/p-1. The summed E-state index contributed by atoms with van der Waals surface area (Å²) in [5.74, 6) is 0.723. The van der Waals surface area contributed by atoms with Crippen molar-refractivity contribution in [1.29, 1.82) is 0 Å². The van der Waals surface area contributed by atoms with Crippen molar-refractivity contribution in [3.63, 3.8) is 0 Å². The van der Waals surface area contributed by atoms with Gasteiger partial charge in [-0.15, -0.1) is 0 Å². The van der Waals surface area contributed by atoms with Gasteiger partial charge in [-0.2, -0.15) is 18.3 Å². The summed E-state index contributed by atoms with van der Waals surface area (Å²) in [6.45, 7) is 1.61. The van der Waals surface area contributed by atoms with Gasteiger partial charge in [-0.3, -0.25) is 14.2 Å². The largest absolute Gasteiger partial charge is 0.771 e. The highest BCUT2D eigenvalue weighted by Gasteiger charge is 2.36. The molecule has 3 unspecified atom stereocenters. The SMILES string of the molecule is O=S([O-])C(C1CCC(c2[nH]ncc3cnc4nccc4c23)CC1)N1CCCC(COc2ccc(C(F)(F)F)cc2)C1. The fourth-order valence-electron chi connectivity index (χ4n) is 6.59. The third-order valence-electron chi connectivity index (χ3n) is 8.58. The molecule has 0 spiro atoms. The molecule has 1 aliphatic carbocycles. The molecule has 1 aromatic carbocycles. The minimum Gasteiger partial charge on any atom is -0.771 e. The number of pyridine rings is 1. The summed E-state index contributed by atoms with van der Waals surface area (Å²) in [6, 6.07) is 6.65. The van der Waals surface area contributed by atoms with Crippen LogP contribution in [-0.4, -0.2) is 58.9 Å². The molecule has 1 aliphatic heterocycles. The molecule has 1 N–H and O–H groups in total. The van der Waals surface area contributed by atoms with Crippen molar-refractivity contribution in [2.45, 2.75) is 56.0 Å². The number of aromatic nitrogens is 4. The van der Waals surface area contributed by atoms with Gasteiger partial charge < -0.3 is 9.29 Å². The number of alkyl halides is 3. The monoisotopic (exact) mass is 586 g/mol. The summed E-state index contributed by atoms with van der Waals surface area (Å²) >= 11 is -2.26. The van der Waals surface area contributed by atoms with Crippen molar-refractivity contribution in [3.8, 4) is 5.75 Å². The van der Waals surface area contributed by atoms with Crippen molar-refractivity contribution < 1.29 is 26.7 Å². The van der Waals surface area contributed by atoms with Gasteiger partial charge >= 0.3 is 6.18 Å². The Bertz CT molecular complexity index is 1520. The first-order chi connectivity index (χ1) is 19.8. The summed E-state index contributed by atoms with van der Waals surface area (Å²) in [5.41, 5.74) is 1.04. The number of aromatic amines is 1. The molecule has 3 atom stereocenters. The van der Waals surface area contributed by atoms with Gasteiger partial charge in [-0.05, 0) is 92.4 Å². The lowest BCUT2D eigenvalue weighted by Crippen LogP contribution is -2.50. The van der Waals surface area contributed by atoms with E-state index in [4.69, 9.17) is 4.74 Å². The van der Waals surface area contributed by atoms with E-state index in [-0.39, 0.29) is 17.8 Å². The molecule has 0 radical (unpaired) electrons. The molecule has 4 heterocycles. The fraction of sp³-hybridized carbons (Fsp3) is 0.483. The predicted molar refractivity (Wildman–Crippen MR) is 148 cm³/mol. The molecule has 12 heteroatoms. The van der Waals surface area contributed by atoms with E-state index in [1.54, 1.807) is 18.6 Å². The lowest BCUT2D eigenvalue weighted by molar-refractivity contribution is -0.137. The second-order valence-corrected chi connectivity index (χ2v) is 12.2. The number of ether oxygens (including phenoxy) is 1. The van der Waals surface area contributed by atoms with E-state index in [0.29, 0.717) is 31.1 Å². The zero-order valence-electron chi connectivity index (χ0n) is 22.3. The number of halogens is 3. The van der Waals surface area contributed by atoms with Crippen LogP contribution in [0.3, 0.4) is 0 Å². The Morgan fingerprint density at radius 2 is 1.85 bits per heavy atom. The van der Waals surface area contributed by atoms with E-state index < -0.39 is 28.2 Å². The highest BCUT2D eigenvalue weighted by Crippen LogP contribution is 2.41. The van der Waals surface area contributed by atoms with E-state index >= 15 is 0 Å². The van der Waals surface area contributed by atoms with Crippen molar-refractivity contribution in [1.82, 2.24) is 25.1 Å². The third kappa shape index (κ3) is 5.96. The van der Waals surface area contributed by atoms with Gasteiger partial charge in [0.2, 0.25) is 0 Å². The van der Waals surface area contributed by atoms with Gasteiger partial charge in [0.1, 0.15) is 5.75 Å². The van der Waals surface area contributed by atoms with Crippen LogP contribution in [0.4, 0.5) is 13.2 Å².